The normalized spacial score (nSPS) is 10.8. The molecule has 0 aliphatic heterocycles. The van der Waals surface area contributed by atoms with E-state index in [1.54, 1.807) is 5.38 Å². The highest BCUT2D eigenvalue weighted by atomic mass is 32.1. The number of nitrogens with zero attached hydrogens (tertiary/aromatic N) is 1. The number of ketones is 1. The van der Waals surface area contributed by atoms with E-state index in [1.165, 1.54) is 29.7 Å². The van der Waals surface area contributed by atoms with E-state index in [4.69, 9.17) is 5.11 Å². The van der Waals surface area contributed by atoms with E-state index in [1.807, 2.05) is 0 Å². The molecule has 0 aliphatic carbocycles. The Hall–Kier alpha value is -2.32. The third-order valence-corrected chi connectivity index (χ3v) is 4.12. The molecule has 0 aliphatic rings. The van der Waals surface area contributed by atoms with Crippen LogP contribution in [0, 0.1) is 10.1 Å². The molecule has 2 heterocycles. The zero-order valence-electron chi connectivity index (χ0n) is 9.81. The summed E-state index contributed by atoms with van der Waals surface area (Å²) in [5, 5.41) is 22.3. The summed E-state index contributed by atoms with van der Waals surface area (Å²) in [5.74, 6) is -1.42. The van der Waals surface area contributed by atoms with Crippen molar-refractivity contribution in [3.63, 3.8) is 0 Å². The second-order valence-electron chi connectivity index (χ2n) is 3.68. The molecule has 0 spiro atoms. The lowest BCUT2D eigenvalue weighted by Gasteiger charge is -1.88. The van der Waals surface area contributed by atoms with E-state index in [0.717, 1.165) is 22.7 Å². The molecule has 2 rings (SSSR count). The number of nitro groups is 1. The van der Waals surface area contributed by atoms with Crippen molar-refractivity contribution in [1.82, 2.24) is 0 Å². The van der Waals surface area contributed by atoms with Gasteiger partial charge >= 0.3 is 11.0 Å². The Kier molecular flexibility index (Phi) is 4.06. The molecule has 8 heteroatoms. The minimum absolute atomic E-state index is 0.000737. The second-order valence-corrected chi connectivity index (χ2v) is 5.48. The number of carboxylic acids is 1. The Labute approximate surface area is 120 Å². The minimum atomic E-state index is -1.08. The van der Waals surface area contributed by atoms with E-state index in [-0.39, 0.29) is 21.2 Å². The van der Waals surface area contributed by atoms with Crippen LogP contribution in [-0.4, -0.2) is 21.8 Å². The van der Waals surface area contributed by atoms with Crippen LogP contribution in [0.3, 0.4) is 0 Å². The number of rotatable bonds is 5. The summed E-state index contributed by atoms with van der Waals surface area (Å²) in [6.07, 6.45) is 2.73. The summed E-state index contributed by atoms with van der Waals surface area (Å²) >= 11 is 1.95. The summed E-state index contributed by atoms with van der Waals surface area (Å²) in [7, 11) is 0. The second kappa shape index (κ2) is 5.76. The third kappa shape index (κ3) is 3.16. The fourth-order valence-corrected chi connectivity index (χ4v) is 2.80. The Balaban J connectivity index is 2.11. The SMILES string of the molecule is O=C(C=Cc1csc([N+](=O)[O-])c1)c1csc(C(=O)O)c1. The van der Waals surface area contributed by atoms with Crippen molar-refractivity contribution in [2.75, 3.05) is 0 Å². The first kappa shape index (κ1) is 14.1. The Bertz CT molecular complexity index is 713. The topological polar surface area (TPSA) is 97.5 Å². The van der Waals surface area contributed by atoms with Gasteiger partial charge in [-0.25, -0.2) is 4.79 Å². The predicted octanol–water partition coefficient (Wildman–Crippen LogP) is 3.31. The van der Waals surface area contributed by atoms with Gasteiger partial charge < -0.3 is 5.11 Å². The van der Waals surface area contributed by atoms with Gasteiger partial charge in [0.1, 0.15) is 4.88 Å². The van der Waals surface area contributed by atoms with Crippen LogP contribution in [0.1, 0.15) is 25.6 Å². The molecular formula is C12H7NO5S2. The zero-order chi connectivity index (χ0) is 14.7. The van der Waals surface area contributed by atoms with Gasteiger partial charge in [-0.1, -0.05) is 11.3 Å². The Morgan fingerprint density at radius 1 is 1.25 bits per heavy atom. The summed E-state index contributed by atoms with van der Waals surface area (Å²) in [4.78, 5) is 32.6. The molecule has 0 fully saturated rings. The maximum atomic E-state index is 11.8. The summed E-state index contributed by atoms with van der Waals surface area (Å²) < 4.78 is 0. The lowest BCUT2D eigenvalue weighted by Crippen LogP contribution is -1.93. The van der Waals surface area contributed by atoms with Gasteiger partial charge in [-0.05, 0) is 23.8 Å². The molecule has 2 aromatic rings. The van der Waals surface area contributed by atoms with Crippen molar-refractivity contribution in [3.8, 4) is 0 Å². The van der Waals surface area contributed by atoms with Gasteiger partial charge in [0.15, 0.2) is 5.78 Å². The molecule has 0 saturated heterocycles. The largest absolute Gasteiger partial charge is 0.477 e. The smallest absolute Gasteiger partial charge is 0.345 e. The summed E-state index contributed by atoms with van der Waals surface area (Å²) in [6.45, 7) is 0. The number of allylic oxidation sites excluding steroid dienone is 1. The van der Waals surface area contributed by atoms with Crippen LogP contribution >= 0.6 is 22.7 Å². The van der Waals surface area contributed by atoms with E-state index < -0.39 is 10.9 Å². The minimum Gasteiger partial charge on any atom is -0.477 e. The van der Waals surface area contributed by atoms with Gasteiger partial charge in [0.05, 0.1) is 4.92 Å². The van der Waals surface area contributed by atoms with Crippen molar-refractivity contribution in [3.05, 3.63) is 55.1 Å². The third-order valence-electron chi connectivity index (χ3n) is 2.31. The molecule has 1 N–H and O–H groups in total. The molecule has 0 bridgehead atoms. The number of hydrogen-bond acceptors (Lipinski definition) is 6. The zero-order valence-corrected chi connectivity index (χ0v) is 11.4. The molecule has 0 radical (unpaired) electrons. The molecule has 0 aromatic carbocycles. The van der Waals surface area contributed by atoms with Crippen LogP contribution in [0.5, 0.6) is 0 Å². The summed E-state index contributed by atoms with van der Waals surface area (Å²) in [5.41, 5.74) is 0.845. The van der Waals surface area contributed by atoms with E-state index in [9.17, 15) is 19.7 Å². The highest BCUT2D eigenvalue weighted by Crippen LogP contribution is 2.23. The van der Waals surface area contributed by atoms with Gasteiger partial charge in [-0.15, -0.1) is 11.3 Å². The van der Waals surface area contributed by atoms with Gasteiger partial charge in [0.2, 0.25) is 0 Å². The molecule has 102 valence electrons. The first-order valence-corrected chi connectivity index (χ1v) is 7.00. The molecule has 0 atom stereocenters. The van der Waals surface area contributed by atoms with Crippen LogP contribution in [0.2, 0.25) is 0 Å². The lowest BCUT2D eigenvalue weighted by molar-refractivity contribution is -0.380. The van der Waals surface area contributed by atoms with E-state index >= 15 is 0 Å². The maximum Gasteiger partial charge on any atom is 0.345 e. The van der Waals surface area contributed by atoms with Crippen LogP contribution in [0.25, 0.3) is 6.08 Å². The number of carbonyl (C=O) groups is 2. The van der Waals surface area contributed by atoms with Crippen LogP contribution in [-0.2, 0) is 0 Å². The quantitative estimate of drug-likeness (QED) is 0.395. The highest BCUT2D eigenvalue weighted by Gasteiger charge is 2.11. The van der Waals surface area contributed by atoms with Gasteiger partial charge in [-0.2, -0.15) is 0 Å². The van der Waals surface area contributed by atoms with Crippen molar-refractivity contribution in [1.29, 1.82) is 0 Å². The number of aromatic carboxylic acids is 1. The molecule has 0 unspecified atom stereocenters. The van der Waals surface area contributed by atoms with Gasteiger partial charge in [0, 0.05) is 22.4 Å². The summed E-state index contributed by atoms with van der Waals surface area (Å²) in [6, 6.07) is 2.67. The molecule has 0 amide bonds. The average molecular weight is 309 g/mol. The first-order valence-electron chi connectivity index (χ1n) is 5.24. The van der Waals surface area contributed by atoms with Crippen molar-refractivity contribution < 1.29 is 19.6 Å². The van der Waals surface area contributed by atoms with Crippen LogP contribution in [0.4, 0.5) is 5.00 Å². The monoisotopic (exact) mass is 309 g/mol. The number of carbonyl (C=O) groups excluding carboxylic acids is 1. The standard InChI is InChI=1S/C12H7NO5S2/c14-9(8-4-10(12(15)16)19-6-8)2-1-7-3-11(13(17)18)20-5-7/h1-6H,(H,15,16). The van der Waals surface area contributed by atoms with Gasteiger partial charge in [0.25, 0.3) is 0 Å². The number of hydrogen-bond donors (Lipinski definition) is 1. The molecular weight excluding hydrogens is 302 g/mol. The lowest BCUT2D eigenvalue weighted by atomic mass is 10.2. The molecule has 0 saturated carbocycles. The van der Waals surface area contributed by atoms with E-state index in [0.29, 0.717) is 5.56 Å². The predicted molar refractivity (Wildman–Crippen MR) is 75.6 cm³/mol. The Morgan fingerprint density at radius 3 is 2.55 bits per heavy atom. The average Bonchev–Trinajstić information content (AvgIpc) is 3.05. The van der Waals surface area contributed by atoms with Crippen LogP contribution in [0.15, 0.2) is 29.0 Å². The first-order chi connectivity index (χ1) is 9.47. The van der Waals surface area contributed by atoms with Crippen molar-refractivity contribution in [2.24, 2.45) is 0 Å². The van der Waals surface area contributed by atoms with Crippen molar-refractivity contribution >= 4 is 45.5 Å². The molecule has 6 nitrogen and oxygen atoms in total. The fourth-order valence-electron chi connectivity index (χ4n) is 1.37. The maximum absolute atomic E-state index is 11.8. The van der Waals surface area contributed by atoms with Crippen LogP contribution < -0.4 is 0 Å². The number of carboxylic acid groups (broad SMARTS) is 1. The molecule has 20 heavy (non-hydrogen) atoms. The Morgan fingerprint density at radius 2 is 2.00 bits per heavy atom. The number of thiophene rings is 2. The van der Waals surface area contributed by atoms with E-state index in [2.05, 4.69) is 0 Å². The highest BCUT2D eigenvalue weighted by molar-refractivity contribution is 7.13. The van der Waals surface area contributed by atoms with Crippen molar-refractivity contribution in [2.45, 2.75) is 0 Å². The fraction of sp³-hybridized carbons (Fsp3) is 0. The molecule has 2 aromatic heterocycles. The van der Waals surface area contributed by atoms with Gasteiger partial charge in [-0.3, -0.25) is 14.9 Å².